The zero-order valence-corrected chi connectivity index (χ0v) is 24.4. The van der Waals surface area contributed by atoms with E-state index in [1.165, 1.54) is 0 Å². The summed E-state index contributed by atoms with van der Waals surface area (Å²) in [5.41, 5.74) is 6.11. The van der Waals surface area contributed by atoms with E-state index >= 15 is 0 Å². The zero-order chi connectivity index (χ0) is 27.6. The zero-order valence-electron chi connectivity index (χ0n) is 21.3. The van der Waals surface area contributed by atoms with Gasteiger partial charge in [0.1, 0.15) is 0 Å². The number of benzene rings is 6. The Balaban J connectivity index is 1.59. The summed E-state index contributed by atoms with van der Waals surface area (Å²) in [6.45, 7) is 0. The summed E-state index contributed by atoms with van der Waals surface area (Å²) in [5.74, 6) is -0.0586. The molecule has 0 fully saturated rings. The van der Waals surface area contributed by atoms with Crippen molar-refractivity contribution >= 4 is 54.2 Å². The Kier molecular flexibility index (Phi) is 7.29. The van der Waals surface area contributed by atoms with E-state index in [-0.39, 0.29) is 11.6 Å². The average molecular weight is 646 g/mol. The number of ketones is 2. The number of fused-ring (bicyclic) bond motifs is 1. The standard InChI is InChI=1S/C36H22Br2O2/c37-31-22-20-28(26-16-8-10-18-30(26)36(40)24-13-5-2-6-14-24)34-32(38)21-19-27(33(31)34)25-15-7-9-17-29(25)35(39)23-11-3-1-4-12-23/h1-22H. The first-order valence-corrected chi connectivity index (χ1v) is 14.4. The third kappa shape index (κ3) is 4.74. The van der Waals surface area contributed by atoms with E-state index in [0.717, 1.165) is 42.0 Å². The fourth-order valence-corrected chi connectivity index (χ4v) is 6.27. The summed E-state index contributed by atoms with van der Waals surface area (Å²) < 4.78 is 1.80. The second-order valence-electron chi connectivity index (χ2n) is 9.42. The van der Waals surface area contributed by atoms with Gasteiger partial charge in [-0.25, -0.2) is 0 Å². The minimum absolute atomic E-state index is 0.0293. The van der Waals surface area contributed by atoms with Crippen molar-refractivity contribution in [2.24, 2.45) is 0 Å². The highest BCUT2D eigenvalue weighted by Gasteiger charge is 2.21. The predicted molar refractivity (Wildman–Crippen MR) is 170 cm³/mol. The second kappa shape index (κ2) is 11.2. The summed E-state index contributed by atoms with van der Waals surface area (Å²) >= 11 is 7.61. The quantitative estimate of drug-likeness (QED) is 0.169. The van der Waals surface area contributed by atoms with Crippen LogP contribution in [0.25, 0.3) is 33.0 Å². The monoisotopic (exact) mass is 644 g/mol. The van der Waals surface area contributed by atoms with Gasteiger partial charge in [0, 0.05) is 42.0 Å². The van der Waals surface area contributed by atoms with Crippen molar-refractivity contribution in [3.05, 3.63) is 165 Å². The fraction of sp³-hybridized carbons (Fsp3) is 0. The average Bonchev–Trinajstić information content (AvgIpc) is 3.02. The molecule has 6 aromatic carbocycles. The van der Waals surface area contributed by atoms with Crippen LogP contribution in [0.3, 0.4) is 0 Å². The molecule has 40 heavy (non-hydrogen) atoms. The Labute approximate surface area is 249 Å². The normalized spacial score (nSPS) is 10.9. The van der Waals surface area contributed by atoms with Crippen LogP contribution >= 0.6 is 31.9 Å². The molecule has 0 unspecified atom stereocenters. The van der Waals surface area contributed by atoms with Gasteiger partial charge in [0.15, 0.2) is 11.6 Å². The summed E-state index contributed by atoms with van der Waals surface area (Å²) in [7, 11) is 0. The molecule has 0 aliphatic rings. The van der Waals surface area contributed by atoms with Crippen LogP contribution in [0.5, 0.6) is 0 Å². The topological polar surface area (TPSA) is 34.1 Å². The lowest BCUT2D eigenvalue weighted by molar-refractivity contribution is 0.103. The minimum Gasteiger partial charge on any atom is -0.289 e. The molecule has 0 aromatic heterocycles. The first-order chi connectivity index (χ1) is 19.5. The predicted octanol–water partition coefficient (Wildman–Crippen LogP) is 10.2. The third-order valence-corrected chi connectivity index (χ3v) is 8.38. The van der Waals surface area contributed by atoms with Gasteiger partial charge in [-0.15, -0.1) is 0 Å². The molecule has 0 bridgehead atoms. The lowest BCUT2D eigenvalue weighted by Crippen LogP contribution is -2.04. The number of halogens is 2. The van der Waals surface area contributed by atoms with Crippen LogP contribution in [-0.2, 0) is 0 Å². The Bertz CT molecular complexity index is 1750. The summed E-state index contributed by atoms with van der Waals surface area (Å²) in [4.78, 5) is 27.2. The van der Waals surface area contributed by atoms with Crippen molar-refractivity contribution in [3.63, 3.8) is 0 Å². The van der Waals surface area contributed by atoms with Crippen LogP contribution in [0.1, 0.15) is 31.8 Å². The van der Waals surface area contributed by atoms with Gasteiger partial charge in [-0.3, -0.25) is 9.59 Å². The lowest BCUT2D eigenvalue weighted by Gasteiger charge is -2.18. The Morgan fingerprint density at radius 2 is 0.725 bits per heavy atom. The van der Waals surface area contributed by atoms with Gasteiger partial charge >= 0.3 is 0 Å². The van der Waals surface area contributed by atoms with Crippen LogP contribution in [-0.4, -0.2) is 11.6 Å². The molecule has 0 aliphatic heterocycles. The van der Waals surface area contributed by atoms with E-state index in [1.54, 1.807) is 0 Å². The van der Waals surface area contributed by atoms with Crippen LogP contribution in [0.15, 0.2) is 142 Å². The summed E-state index contributed by atoms with van der Waals surface area (Å²) in [6.07, 6.45) is 0. The highest BCUT2D eigenvalue weighted by Crippen LogP contribution is 2.44. The van der Waals surface area contributed by atoms with E-state index < -0.39 is 0 Å². The first kappa shape index (κ1) is 26.1. The maximum atomic E-state index is 13.6. The summed E-state index contributed by atoms with van der Waals surface area (Å²) in [6, 6.07) is 42.2. The summed E-state index contributed by atoms with van der Waals surface area (Å²) in [5, 5.41) is 1.92. The van der Waals surface area contributed by atoms with E-state index in [2.05, 4.69) is 31.9 Å². The number of carbonyl (C=O) groups excluding carboxylic acids is 2. The Morgan fingerprint density at radius 3 is 1.12 bits per heavy atom. The minimum atomic E-state index is -0.0293. The molecular weight excluding hydrogens is 624 g/mol. The third-order valence-electron chi connectivity index (χ3n) is 7.05. The van der Waals surface area contributed by atoms with Crippen molar-refractivity contribution in [2.75, 3.05) is 0 Å². The van der Waals surface area contributed by atoms with Crippen LogP contribution < -0.4 is 0 Å². The molecule has 6 aromatic rings. The second-order valence-corrected chi connectivity index (χ2v) is 11.1. The van der Waals surface area contributed by atoms with Gasteiger partial charge in [-0.05, 0) is 34.4 Å². The van der Waals surface area contributed by atoms with E-state index in [1.807, 2.05) is 133 Å². The molecule has 0 aliphatic carbocycles. The van der Waals surface area contributed by atoms with Crippen LogP contribution in [0.4, 0.5) is 0 Å². The van der Waals surface area contributed by atoms with Crippen molar-refractivity contribution in [3.8, 4) is 22.3 Å². The van der Waals surface area contributed by atoms with Crippen molar-refractivity contribution in [1.29, 1.82) is 0 Å². The smallest absolute Gasteiger partial charge is 0.193 e. The lowest BCUT2D eigenvalue weighted by atomic mass is 9.87. The van der Waals surface area contributed by atoms with Gasteiger partial charge in [0.25, 0.3) is 0 Å². The van der Waals surface area contributed by atoms with E-state index in [9.17, 15) is 9.59 Å². The van der Waals surface area contributed by atoms with Crippen molar-refractivity contribution in [1.82, 2.24) is 0 Å². The van der Waals surface area contributed by atoms with Gasteiger partial charge < -0.3 is 0 Å². The molecule has 0 radical (unpaired) electrons. The van der Waals surface area contributed by atoms with Gasteiger partial charge in [0.05, 0.1) is 0 Å². The maximum Gasteiger partial charge on any atom is 0.193 e. The molecule has 2 nitrogen and oxygen atoms in total. The number of hydrogen-bond donors (Lipinski definition) is 0. The SMILES string of the molecule is O=C(c1ccccc1)c1ccccc1-c1ccc(Br)c2c(-c3ccccc3C(=O)c3ccccc3)ccc(Br)c12. The highest BCUT2D eigenvalue weighted by atomic mass is 79.9. The van der Waals surface area contributed by atoms with Crippen molar-refractivity contribution < 1.29 is 9.59 Å². The maximum absolute atomic E-state index is 13.6. The van der Waals surface area contributed by atoms with Gasteiger partial charge in [-0.1, -0.05) is 153 Å². The van der Waals surface area contributed by atoms with E-state index in [4.69, 9.17) is 0 Å². The molecule has 0 saturated heterocycles. The molecule has 0 amide bonds. The molecule has 0 heterocycles. The molecule has 0 atom stereocenters. The van der Waals surface area contributed by atoms with Gasteiger partial charge in [0.2, 0.25) is 0 Å². The number of carbonyl (C=O) groups is 2. The van der Waals surface area contributed by atoms with Gasteiger partial charge in [-0.2, -0.15) is 0 Å². The largest absolute Gasteiger partial charge is 0.289 e. The van der Waals surface area contributed by atoms with E-state index in [0.29, 0.717) is 22.3 Å². The molecule has 0 spiro atoms. The Hall–Kier alpha value is -4.12. The number of rotatable bonds is 6. The fourth-order valence-electron chi connectivity index (χ4n) is 5.18. The van der Waals surface area contributed by atoms with Crippen molar-refractivity contribution in [2.45, 2.75) is 0 Å². The van der Waals surface area contributed by atoms with Crippen LogP contribution in [0.2, 0.25) is 0 Å². The molecule has 192 valence electrons. The number of hydrogen-bond acceptors (Lipinski definition) is 2. The molecule has 0 saturated carbocycles. The highest BCUT2D eigenvalue weighted by molar-refractivity contribution is 9.11. The van der Waals surface area contributed by atoms with Crippen LogP contribution in [0, 0.1) is 0 Å². The Morgan fingerprint density at radius 1 is 0.375 bits per heavy atom. The molecule has 4 heteroatoms. The molecule has 0 N–H and O–H groups in total. The molecular formula is C36H22Br2O2. The first-order valence-electron chi connectivity index (χ1n) is 12.8. The molecule has 6 rings (SSSR count).